The van der Waals surface area contributed by atoms with Crippen LogP contribution in [0.3, 0.4) is 0 Å². The van der Waals surface area contributed by atoms with Gasteiger partial charge in [0.05, 0.1) is 5.69 Å². The third-order valence-electron chi connectivity index (χ3n) is 4.05. The maximum Gasteiger partial charge on any atom is 0.410 e. The maximum absolute atomic E-state index is 12.0. The molecule has 120 valence electrons. The number of rotatable bonds is 3. The van der Waals surface area contributed by atoms with Gasteiger partial charge in [0.1, 0.15) is 5.60 Å². The molecule has 0 radical (unpaired) electrons. The lowest BCUT2D eigenvalue weighted by atomic mass is 10.2. The van der Waals surface area contributed by atoms with Gasteiger partial charge < -0.3 is 15.0 Å². The molecule has 1 aromatic rings. The van der Waals surface area contributed by atoms with Crippen molar-refractivity contribution in [2.24, 2.45) is 11.8 Å². The monoisotopic (exact) mass is 324 g/mol. The van der Waals surface area contributed by atoms with Crippen LogP contribution < -0.4 is 5.32 Å². The van der Waals surface area contributed by atoms with Gasteiger partial charge in [0, 0.05) is 25.7 Å². The topological polar surface area (TPSA) is 67.3 Å². The summed E-state index contributed by atoms with van der Waals surface area (Å²) in [5.74, 6) is 1.04. The van der Waals surface area contributed by atoms with Crippen LogP contribution in [0.5, 0.6) is 0 Å². The van der Waals surface area contributed by atoms with E-state index in [1.165, 1.54) is 0 Å². The van der Waals surface area contributed by atoms with E-state index in [2.05, 4.69) is 15.5 Å². The summed E-state index contributed by atoms with van der Waals surface area (Å²) < 4.78 is 5.40. The minimum Gasteiger partial charge on any atom is -0.444 e. The molecule has 0 unspecified atom stereocenters. The van der Waals surface area contributed by atoms with E-state index in [-0.39, 0.29) is 6.09 Å². The Balaban J connectivity index is 1.43. The smallest absolute Gasteiger partial charge is 0.410 e. The third-order valence-corrected chi connectivity index (χ3v) is 4.25. The first-order chi connectivity index (χ1) is 10.3. The van der Waals surface area contributed by atoms with E-state index in [9.17, 15) is 4.79 Å². The van der Waals surface area contributed by atoms with Gasteiger partial charge in [0.15, 0.2) is 5.15 Å². The summed E-state index contributed by atoms with van der Waals surface area (Å²) in [6.45, 7) is 7.87. The predicted octanol–water partition coefficient (Wildman–Crippen LogP) is 2.08. The van der Waals surface area contributed by atoms with Crippen molar-refractivity contribution in [2.75, 3.05) is 13.1 Å². The lowest BCUT2D eigenvalue weighted by molar-refractivity contribution is 0.0269. The molecule has 1 aliphatic heterocycles. The maximum atomic E-state index is 12.0. The van der Waals surface area contributed by atoms with E-state index in [1.807, 2.05) is 26.8 Å². The summed E-state index contributed by atoms with van der Waals surface area (Å²) in [5.41, 5.74) is 0.438. The molecule has 0 bridgehead atoms. The molecule has 1 aromatic heterocycles. The fourth-order valence-electron chi connectivity index (χ4n) is 2.97. The van der Waals surface area contributed by atoms with Gasteiger partial charge in [0.2, 0.25) is 0 Å². The average Bonchev–Trinajstić information content (AvgIpc) is 2.88. The lowest BCUT2D eigenvalue weighted by Gasteiger charge is -2.26. The van der Waals surface area contributed by atoms with Crippen molar-refractivity contribution in [3.05, 3.63) is 23.0 Å². The summed E-state index contributed by atoms with van der Waals surface area (Å²) in [7, 11) is 0. The van der Waals surface area contributed by atoms with Crippen molar-refractivity contribution >= 4 is 17.7 Å². The van der Waals surface area contributed by atoms with Crippen molar-refractivity contribution < 1.29 is 9.53 Å². The molecule has 2 heterocycles. The van der Waals surface area contributed by atoms with Crippen molar-refractivity contribution in [1.82, 2.24) is 20.4 Å². The van der Waals surface area contributed by atoms with Crippen molar-refractivity contribution in [3.8, 4) is 0 Å². The first-order valence-electron chi connectivity index (χ1n) is 7.53. The quantitative estimate of drug-likeness (QED) is 0.922. The SMILES string of the molecule is CC(C)(C)OC(=O)N1C[C@@H]2[C@H](C1)[C@H]2NCc1ccc(Cl)nn1. The molecule has 0 spiro atoms. The molecule has 1 amide bonds. The van der Waals surface area contributed by atoms with Gasteiger partial charge in [0.25, 0.3) is 0 Å². The Labute approximate surface area is 135 Å². The van der Waals surface area contributed by atoms with Crippen LogP contribution in [0.25, 0.3) is 0 Å². The molecule has 1 N–H and O–H groups in total. The normalized spacial score (nSPS) is 26.7. The van der Waals surface area contributed by atoms with Gasteiger partial charge in [-0.1, -0.05) is 11.6 Å². The fourth-order valence-corrected chi connectivity index (χ4v) is 3.07. The van der Waals surface area contributed by atoms with Crippen molar-refractivity contribution in [3.63, 3.8) is 0 Å². The molecule has 3 rings (SSSR count). The van der Waals surface area contributed by atoms with E-state index < -0.39 is 5.60 Å². The van der Waals surface area contributed by atoms with Crippen LogP contribution in [0.4, 0.5) is 4.79 Å². The summed E-state index contributed by atoms with van der Waals surface area (Å²) in [4.78, 5) is 13.8. The number of hydrogen-bond donors (Lipinski definition) is 1. The number of carbonyl (C=O) groups is 1. The highest BCUT2D eigenvalue weighted by Gasteiger charge is 2.56. The average molecular weight is 325 g/mol. The van der Waals surface area contributed by atoms with Crippen molar-refractivity contribution in [1.29, 1.82) is 0 Å². The number of carbonyl (C=O) groups excluding carboxylic acids is 1. The van der Waals surface area contributed by atoms with Crippen LogP contribution in [0.2, 0.25) is 5.15 Å². The standard InChI is InChI=1S/C15H21ClN4O2/c1-15(2,3)22-14(21)20-7-10-11(8-20)13(10)17-6-9-4-5-12(16)19-18-9/h4-5,10-11,13,17H,6-8H2,1-3H3/t10-,11+,13+. The zero-order valence-electron chi connectivity index (χ0n) is 13.0. The van der Waals surface area contributed by atoms with E-state index >= 15 is 0 Å². The molecule has 1 aliphatic carbocycles. The van der Waals surface area contributed by atoms with Crippen LogP contribution in [-0.2, 0) is 11.3 Å². The van der Waals surface area contributed by atoms with E-state index in [0.29, 0.717) is 29.6 Å². The Morgan fingerprint density at radius 3 is 2.59 bits per heavy atom. The Bertz CT molecular complexity index is 546. The van der Waals surface area contributed by atoms with Gasteiger partial charge >= 0.3 is 6.09 Å². The molecule has 0 aromatic carbocycles. The number of likely N-dealkylation sites (tertiary alicyclic amines) is 1. The number of amides is 1. The second-order valence-corrected chi connectivity index (χ2v) is 7.35. The second-order valence-electron chi connectivity index (χ2n) is 6.97. The molecule has 7 heteroatoms. The molecule has 3 atom stereocenters. The molecule has 2 fully saturated rings. The zero-order valence-corrected chi connectivity index (χ0v) is 13.8. The van der Waals surface area contributed by atoms with Crippen LogP contribution in [0, 0.1) is 11.8 Å². The van der Waals surface area contributed by atoms with E-state index in [0.717, 1.165) is 18.8 Å². The van der Waals surface area contributed by atoms with Crippen LogP contribution >= 0.6 is 11.6 Å². The fraction of sp³-hybridized carbons (Fsp3) is 0.667. The van der Waals surface area contributed by atoms with Gasteiger partial charge in [-0.3, -0.25) is 0 Å². The molecule has 1 saturated heterocycles. The number of nitrogens with one attached hydrogen (secondary N) is 1. The highest BCUT2D eigenvalue weighted by atomic mass is 35.5. The van der Waals surface area contributed by atoms with Crippen LogP contribution in [0.15, 0.2) is 12.1 Å². The number of ether oxygens (including phenoxy) is 1. The molecule has 22 heavy (non-hydrogen) atoms. The van der Waals surface area contributed by atoms with Gasteiger partial charge in [-0.25, -0.2) is 4.79 Å². The van der Waals surface area contributed by atoms with Crippen LogP contribution in [0.1, 0.15) is 26.5 Å². The first kappa shape index (κ1) is 15.5. The second kappa shape index (κ2) is 5.66. The Morgan fingerprint density at radius 1 is 1.36 bits per heavy atom. The number of hydrogen-bond acceptors (Lipinski definition) is 5. The summed E-state index contributed by atoms with van der Waals surface area (Å²) in [6, 6.07) is 4.06. The Kier molecular flexibility index (Phi) is 3.99. The molecule has 1 saturated carbocycles. The predicted molar refractivity (Wildman–Crippen MR) is 82.5 cm³/mol. The zero-order chi connectivity index (χ0) is 15.9. The summed E-state index contributed by atoms with van der Waals surface area (Å²) >= 11 is 5.71. The van der Waals surface area contributed by atoms with Gasteiger partial charge in [-0.15, -0.1) is 5.10 Å². The minimum absolute atomic E-state index is 0.206. The van der Waals surface area contributed by atoms with E-state index in [4.69, 9.17) is 16.3 Å². The molecular weight excluding hydrogens is 304 g/mol. The number of nitrogens with zero attached hydrogens (tertiary/aromatic N) is 3. The van der Waals surface area contributed by atoms with Crippen LogP contribution in [-0.4, -0.2) is 45.9 Å². The lowest BCUT2D eigenvalue weighted by Crippen LogP contribution is -2.39. The minimum atomic E-state index is -0.436. The molecule has 2 aliphatic rings. The summed E-state index contributed by atoms with van der Waals surface area (Å²) in [5, 5.41) is 11.7. The number of fused-ring (bicyclic) bond motifs is 1. The molecule has 6 nitrogen and oxygen atoms in total. The highest BCUT2D eigenvalue weighted by molar-refractivity contribution is 6.29. The van der Waals surface area contributed by atoms with Gasteiger partial charge in [-0.05, 0) is 44.7 Å². The highest BCUT2D eigenvalue weighted by Crippen LogP contribution is 2.45. The first-order valence-corrected chi connectivity index (χ1v) is 7.91. The molecular formula is C15H21ClN4O2. The summed E-state index contributed by atoms with van der Waals surface area (Å²) in [6.07, 6.45) is -0.206. The number of halogens is 1. The van der Waals surface area contributed by atoms with E-state index in [1.54, 1.807) is 11.0 Å². The number of piperidine rings is 1. The largest absolute Gasteiger partial charge is 0.444 e. The number of aromatic nitrogens is 2. The Morgan fingerprint density at radius 2 is 2.05 bits per heavy atom. The Hall–Kier alpha value is -1.40. The third kappa shape index (κ3) is 3.50. The van der Waals surface area contributed by atoms with Crippen molar-refractivity contribution in [2.45, 2.75) is 39.0 Å². The van der Waals surface area contributed by atoms with Gasteiger partial charge in [-0.2, -0.15) is 5.10 Å².